The van der Waals surface area contributed by atoms with E-state index in [4.69, 9.17) is 4.74 Å². The smallest absolute Gasteiger partial charge is 0.225 e. The van der Waals surface area contributed by atoms with Crippen molar-refractivity contribution in [1.82, 2.24) is 10.2 Å². The number of ether oxygens (including phenoxy) is 1. The molecule has 1 aliphatic rings. The van der Waals surface area contributed by atoms with E-state index < -0.39 is 6.04 Å². The number of nitrogens with one attached hydrogen (secondary N) is 1. The summed E-state index contributed by atoms with van der Waals surface area (Å²) in [6.07, 6.45) is 2.54. The number of halogens is 1. The summed E-state index contributed by atoms with van der Waals surface area (Å²) < 4.78 is 18.6. The summed E-state index contributed by atoms with van der Waals surface area (Å²) >= 11 is 0. The summed E-state index contributed by atoms with van der Waals surface area (Å²) in [5, 5.41) is 3.04. The summed E-state index contributed by atoms with van der Waals surface area (Å²) in [4.78, 5) is 27.3. The van der Waals surface area contributed by atoms with Crippen molar-refractivity contribution in [3.63, 3.8) is 0 Å². The van der Waals surface area contributed by atoms with Crippen LogP contribution in [-0.2, 0) is 20.7 Å². The van der Waals surface area contributed by atoms with Gasteiger partial charge in [0, 0.05) is 26.6 Å². The first-order chi connectivity index (χ1) is 14.6. The topological polar surface area (TPSA) is 58.6 Å². The van der Waals surface area contributed by atoms with Gasteiger partial charge in [0.15, 0.2) is 0 Å². The Morgan fingerprint density at radius 3 is 2.60 bits per heavy atom. The lowest BCUT2D eigenvalue weighted by Crippen LogP contribution is -2.49. The summed E-state index contributed by atoms with van der Waals surface area (Å²) in [5.41, 5.74) is 2.01. The average molecular weight is 413 g/mol. The zero-order chi connectivity index (χ0) is 21.3. The van der Waals surface area contributed by atoms with Crippen LogP contribution in [0.5, 0.6) is 0 Å². The third kappa shape index (κ3) is 5.66. The molecule has 1 aliphatic heterocycles. The second-order valence-corrected chi connectivity index (χ2v) is 7.60. The molecule has 1 saturated heterocycles. The Kier molecular flexibility index (Phi) is 7.97. The number of methoxy groups -OCH3 is 1. The number of likely N-dealkylation sites (tertiary alicyclic amines) is 1. The Hall–Kier alpha value is -2.73. The van der Waals surface area contributed by atoms with Gasteiger partial charge in [-0.15, -0.1) is 0 Å². The highest BCUT2D eigenvalue weighted by Gasteiger charge is 2.40. The molecule has 0 aromatic heterocycles. The second-order valence-electron chi connectivity index (χ2n) is 7.60. The average Bonchev–Trinajstić information content (AvgIpc) is 2.77. The molecule has 160 valence electrons. The lowest BCUT2D eigenvalue weighted by molar-refractivity contribution is -0.144. The minimum atomic E-state index is -0.420. The van der Waals surface area contributed by atoms with Crippen molar-refractivity contribution in [3.8, 4) is 0 Å². The van der Waals surface area contributed by atoms with Crippen LogP contribution in [0.3, 0.4) is 0 Å². The van der Waals surface area contributed by atoms with Gasteiger partial charge in [-0.2, -0.15) is 0 Å². The molecule has 6 heteroatoms. The normalized spacial score (nSPS) is 19.0. The van der Waals surface area contributed by atoms with E-state index in [1.165, 1.54) is 17.7 Å². The monoisotopic (exact) mass is 412 g/mol. The molecule has 0 aliphatic carbocycles. The van der Waals surface area contributed by atoms with Crippen LogP contribution in [0.1, 0.15) is 36.4 Å². The van der Waals surface area contributed by atoms with E-state index in [9.17, 15) is 14.0 Å². The molecule has 1 fully saturated rings. The van der Waals surface area contributed by atoms with Crippen LogP contribution >= 0.6 is 0 Å². The van der Waals surface area contributed by atoms with Gasteiger partial charge >= 0.3 is 0 Å². The second kappa shape index (κ2) is 10.9. The number of aryl methyl sites for hydroxylation is 1. The molecule has 1 heterocycles. The minimum Gasteiger partial charge on any atom is -0.383 e. The Labute approximate surface area is 177 Å². The van der Waals surface area contributed by atoms with Crippen molar-refractivity contribution in [2.24, 2.45) is 5.92 Å². The zero-order valence-electron chi connectivity index (χ0n) is 17.4. The van der Waals surface area contributed by atoms with Gasteiger partial charge in [0.2, 0.25) is 11.8 Å². The fraction of sp³-hybridized carbons (Fsp3) is 0.417. The Morgan fingerprint density at radius 2 is 1.90 bits per heavy atom. The molecule has 0 spiro atoms. The van der Waals surface area contributed by atoms with Crippen molar-refractivity contribution < 1.29 is 18.7 Å². The third-order valence-corrected chi connectivity index (χ3v) is 5.58. The first-order valence-electron chi connectivity index (χ1n) is 10.5. The summed E-state index contributed by atoms with van der Waals surface area (Å²) in [6.45, 7) is 1.36. The lowest BCUT2D eigenvalue weighted by Gasteiger charge is -2.40. The number of carbonyl (C=O) groups is 2. The number of benzene rings is 2. The highest BCUT2D eigenvalue weighted by Crippen LogP contribution is 2.36. The van der Waals surface area contributed by atoms with E-state index in [0.717, 1.165) is 18.4 Å². The van der Waals surface area contributed by atoms with Gasteiger partial charge in [0.1, 0.15) is 5.82 Å². The number of carbonyl (C=O) groups excluding carboxylic acids is 2. The molecule has 2 unspecified atom stereocenters. The van der Waals surface area contributed by atoms with Gasteiger partial charge in [0.05, 0.1) is 18.6 Å². The predicted octanol–water partition coefficient (Wildman–Crippen LogP) is 3.50. The number of hydrogen-bond donors (Lipinski definition) is 1. The molecule has 3 rings (SSSR count). The Bertz CT molecular complexity index is 826. The molecule has 0 radical (unpaired) electrons. The first-order valence-corrected chi connectivity index (χ1v) is 10.5. The van der Waals surface area contributed by atoms with Crippen molar-refractivity contribution in [3.05, 3.63) is 71.5 Å². The van der Waals surface area contributed by atoms with Gasteiger partial charge in [-0.1, -0.05) is 42.5 Å². The first kappa shape index (κ1) is 22.0. The van der Waals surface area contributed by atoms with E-state index in [1.807, 2.05) is 18.2 Å². The van der Waals surface area contributed by atoms with Crippen LogP contribution < -0.4 is 5.32 Å². The van der Waals surface area contributed by atoms with Crippen LogP contribution in [0.4, 0.5) is 4.39 Å². The Balaban J connectivity index is 1.68. The predicted molar refractivity (Wildman–Crippen MR) is 113 cm³/mol. The van der Waals surface area contributed by atoms with Crippen LogP contribution in [0.15, 0.2) is 54.6 Å². The van der Waals surface area contributed by atoms with Crippen LogP contribution in [-0.4, -0.2) is 43.5 Å². The SMILES string of the molecule is COCCN1C(=O)CCC(C(=O)NCCCc2ccccc2)C1c1ccc(F)cc1. The van der Waals surface area contributed by atoms with Crippen molar-refractivity contribution in [2.45, 2.75) is 31.7 Å². The summed E-state index contributed by atoms with van der Waals surface area (Å²) in [6, 6.07) is 15.8. The van der Waals surface area contributed by atoms with Crippen LogP contribution in [0.2, 0.25) is 0 Å². The number of rotatable bonds is 9. The molecular formula is C24H29FN2O3. The van der Waals surface area contributed by atoms with Gasteiger partial charge < -0.3 is 15.0 Å². The van der Waals surface area contributed by atoms with E-state index in [-0.39, 0.29) is 23.5 Å². The number of piperidine rings is 1. The quantitative estimate of drug-likeness (QED) is 0.642. The van der Waals surface area contributed by atoms with Gasteiger partial charge in [-0.25, -0.2) is 4.39 Å². The standard InChI is InChI=1S/C24H29FN2O3/c1-30-17-16-27-22(28)14-13-21(23(27)19-9-11-20(25)12-10-19)24(29)26-15-5-8-18-6-3-2-4-7-18/h2-4,6-7,9-12,21,23H,5,8,13-17H2,1H3,(H,26,29). The van der Waals surface area contributed by atoms with Crippen molar-refractivity contribution in [1.29, 1.82) is 0 Å². The summed E-state index contributed by atoms with van der Waals surface area (Å²) in [7, 11) is 1.58. The van der Waals surface area contributed by atoms with E-state index in [0.29, 0.717) is 32.5 Å². The maximum atomic E-state index is 13.5. The van der Waals surface area contributed by atoms with E-state index >= 15 is 0 Å². The van der Waals surface area contributed by atoms with Crippen LogP contribution in [0.25, 0.3) is 0 Å². The highest BCUT2D eigenvalue weighted by molar-refractivity contribution is 5.85. The number of nitrogens with zero attached hydrogens (tertiary/aromatic N) is 1. The van der Waals surface area contributed by atoms with E-state index in [1.54, 1.807) is 24.1 Å². The number of hydrogen-bond acceptors (Lipinski definition) is 3. The van der Waals surface area contributed by atoms with Crippen molar-refractivity contribution in [2.75, 3.05) is 26.8 Å². The summed E-state index contributed by atoms with van der Waals surface area (Å²) in [5.74, 6) is -0.783. The van der Waals surface area contributed by atoms with Gasteiger partial charge in [-0.05, 0) is 42.5 Å². The molecule has 30 heavy (non-hydrogen) atoms. The minimum absolute atomic E-state index is 0.00509. The maximum Gasteiger partial charge on any atom is 0.225 e. The third-order valence-electron chi connectivity index (χ3n) is 5.58. The largest absolute Gasteiger partial charge is 0.383 e. The molecule has 2 aromatic carbocycles. The maximum absolute atomic E-state index is 13.5. The molecular weight excluding hydrogens is 383 g/mol. The fourth-order valence-corrected chi connectivity index (χ4v) is 4.03. The highest BCUT2D eigenvalue weighted by atomic mass is 19.1. The lowest BCUT2D eigenvalue weighted by atomic mass is 9.83. The molecule has 2 amide bonds. The van der Waals surface area contributed by atoms with Crippen LogP contribution in [0, 0.1) is 11.7 Å². The van der Waals surface area contributed by atoms with Gasteiger partial charge in [0.25, 0.3) is 0 Å². The molecule has 0 saturated carbocycles. The Morgan fingerprint density at radius 1 is 1.17 bits per heavy atom. The molecule has 5 nitrogen and oxygen atoms in total. The molecule has 0 bridgehead atoms. The van der Waals surface area contributed by atoms with Gasteiger partial charge in [-0.3, -0.25) is 9.59 Å². The molecule has 2 atom stereocenters. The number of amides is 2. The molecule has 1 N–H and O–H groups in total. The fourth-order valence-electron chi connectivity index (χ4n) is 4.03. The van der Waals surface area contributed by atoms with Crippen molar-refractivity contribution >= 4 is 11.8 Å². The molecule has 2 aromatic rings. The zero-order valence-corrected chi connectivity index (χ0v) is 17.4. The van der Waals surface area contributed by atoms with E-state index in [2.05, 4.69) is 17.4 Å².